The first-order valence-electron chi connectivity index (χ1n) is 3.98. The van der Waals surface area contributed by atoms with E-state index in [0.29, 0.717) is 0 Å². The third-order valence-electron chi connectivity index (χ3n) is 1.84. The lowest BCUT2D eigenvalue weighted by Crippen LogP contribution is -2.36. The zero-order chi connectivity index (χ0) is 12.7. The van der Waals surface area contributed by atoms with E-state index in [4.69, 9.17) is 11.6 Å². The number of nitro groups is 1. The van der Waals surface area contributed by atoms with Crippen molar-refractivity contribution in [1.82, 2.24) is 19.7 Å². The van der Waals surface area contributed by atoms with Crippen LogP contribution in [0, 0.1) is 10.1 Å². The molecule has 2 aromatic rings. The van der Waals surface area contributed by atoms with Crippen molar-refractivity contribution in [2.45, 2.75) is 0 Å². The highest BCUT2D eigenvalue weighted by atomic mass is 35.5. The van der Waals surface area contributed by atoms with Crippen LogP contribution in [0.1, 0.15) is 0 Å². The molecule has 0 amide bonds. The molecular formula is C6H2ClN5O5. The van der Waals surface area contributed by atoms with E-state index >= 15 is 0 Å². The second-order valence-corrected chi connectivity index (χ2v) is 3.18. The van der Waals surface area contributed by atoms with Crippen molar-refractivity contribution < 1.29 is 10.1 Å². The van der Waals surface area contributed by atoms with Crippen molar-refractivity contribution in [3.63, 3.8) is 0 Å². The van der Waals surface area contributed by atoms with Crippen LogP contribution in [-0.4, -0.2) is 29.8 Å². The summed E-state index contributed by atoms with van der Waals surface area (Å²) in [5, 5.41) is 19.5. The summed E-state index contributed by atoms with van der Waals surface area (Å²) in [5.74, 6) is -0.893. The molecule has 0 aliphatic heterocycles. The maximum atomic E-state index is 11.1. The molecule has 11 heteroatoms. The number of aromatic amines is 1. The van der Waals surface area contributed by atoms with E-state index in [1.807, 2.05) is 4.98 Å². The summed E-state index contributed by atoms with van der Waals surface area (Å²) >= 11 is 5.39. The van der Waals surface area contributed by atoms with Crippen LogP contribution in [0.5, 0.6) is 0 Å². The number of nitrogens with one attached hydrogen (secondary N) is 1. The molecule has 2 N–H and O–H groups in total. The van der Waals surface area contributed by atoms with Crippen molar-refractivity contribution in [2.24, 2.45) is 0 Å². The minimum Gasteiger partial charge on any atom is -0.424 e. The Labute approximate surface area is 95.2 Å². The van der Waals surface area contributed by atoms with Gasteiger partial charge >= 0.3 is 22.2 Å². The molecule has 0 radical (unpaired) electrons. The maximum Gasteiger partial charge on any atom is 0.398 e. The van der Waals surface area contributed by atoms with E-state index in [9.17, 15) is 24.9 Å². The second kappa shape index (κ2) is 3.52. The van der Waals surface area contributed by atoms with Gasteiger partial charge in [0, 0.05) is 0 Å². The molecule has 88 valence electrons. The quantitative estimate of drug-likeness (QED) is 0.226. The summed E-state index contributed by atoms with van der Waals surface area (Å²) in [6.45, 7) is 0. The Morgan fingerprint density at radius 2 is 2.06 bits per heavy atom. The molecular weight excluding hydrogens is 258 g/mol. The minimum absolute atomic E-state index is 0.192. The van der Waals surface area contributed by atoms with Crippen LogP contribution in [-0.2, 0) is 0 Å². The van der Waals surface area contributed by atoms with Crippen LogP contribution in [0.2, 0.25) is 5.28 Å². The molecule has 2 heterocycles. The van der Waals surface area contributed by atoms with Gasteiger partial charge in [-0.1, -0.05) is 0 Å². The van der Waals surface area contributed by atoms with Crippen molar-refractivity contribution in [3.8, 4) is 0 Å². The first-order chi connectivity index (χ1) is 7.91. The third kappa shape index (κ3) is 1.59. The van der Waals surface area contributed by atoms with Gasteiger partial charge in [0.1, 0.15) is 0 Å². The molecule has 2 aromatic heterocycles. The van der Waals surface area contributed by atoms with Crippen molar-refractivity contribution in [2.75, 3.05) is 0 Å². The molecule has 0 spiro atoms. The number of hydrogen-bond donors (Lipinski definition) is 2. The van der Waals surface area contributed by atoms with E-state index in [1.165, 1.54) is 0 Å². The fraction of sp³-hybridized carbons (Fsp3) is 0. The number of nitrogens with zero attached hydrogens (tertiary/aromatic N) is 4. The summed E-state index contributed by atoms with van der Waals surface area (Å²) in [5.41, 5.74) is -3.62. The molecule has 0 aliphatic carbocycles. The number of H-pyrrole nitrogens is 1. The van der Waals surface area contributed by atoms with Crippen LogP contribution >= 0.6 is 11.6 Å². The topological polar surface area (TPSA) is 144 Å². The smallest absolute Gasteiger partial charge is 0.398 e. The molecule has 0 atom stereocenters. The number of fused-ring (bicyclic) bond motifs is 1. The first kappa shape index (κ1) is 11.0. The first-order valence-corrected chi connectivity index (χ1v) is 4.36. The minimum atomic E-state index is -1.38. The largest absolute Gasteiger partial charge is 0.424 e. The third-order valence-corrected chi connectivity index (χ3v) is 2.01. The maximum absolute atomic E-state index is 11.1. The predicted molar refractivity (Wildman–Crippen MR) is 53.3 cm³/mol. The molecule has 2 rings (SSSR count). The molecule has 0 bridgehead atoms. The van der Waals surface area contributed by atoms with Gasteiger partial charge in [0.15, 0.2) is 5.65 Å². The van der Waals surface area contributed by atoms with E-state index < -0.39 is 38.3 Å². The van der Waals surface area contributed by atoms with Crippen molar-refractivity contribution >= 4 is 28.6 Å². The van der Waals surface area contributed by atoms with E-state index in [0.717, 1.165) is 0 Å². The van der Waals surface area contributed by atoms with Crippen LogP contribution in [0.25, 0.3) is 11.2 Å². The fourth-order valence-corrected chi connectivity index (χ4v) is 1.35. The lowest BCUT2D eigenvalue weighted by molar-refractivity contribution is -0.388. The number of halogens is 1. The molecule has 0 aliphatic rings. The van der Waals surface area contributed by atoms with Gasteiger partial charge in [-0.15, -0.1) is 4.73 Å². The molecule has 0 unspecified atom stereocenters. The monoisotopic (exact) mass is 259 g/mol. The standard InChI is InChI=1S/C6H2ClN5O5/c7-6-9-2-1(3(10-6)12(16)17)11(15)5(14)4(13)8-2/h15H,(H,8,9,10,13). The van der Waals surface area contributed by atoms with Gasteiger partial charge in [-0.25, -0.2) is 0 Å². The summed E-state index contributed by atoms with van der Waals surface area (Å²) in [6, 6.07) is 0. The van der Waals surface area contributed by atoms with Crippen LogP contribution < -0.4 is 11.1 Å². The molecule has 0 saturated heterocycles. The molecule has 0 fully saturated rings. The second-order valence-electron chi connectivity index (χ2n) is 2.84. The average molecular weight is 260 g/mol. The number of rotatable bonds is 1. The Morgan fingerprint density at radius 3 is 2.65 bits per heavy atom. The molecule has 10 nitrogen and oxygen atoms in total. The SMILES string of the molecule is O=c1[nH]c2nc(Cl)nc([N+](=O)[O-])c2n(O)c1=O. The van der Waals surface area contributed by atoms with E-state index in [1.54, 1.807) is 0 Å². The van der Waals surface area contributed by atoms with Gasteiger partial charge < -0.3 is 15.3 Å². The Kier molecular flexibility index (Phi) is 2.28. The number of hydrogen-bond acceptors (Lipinski definition) is 7. The van der Waals surface area contributed by atoms with Crippen molar-refractivity contribution in [1.29, 1.82) is 0 Å². The van der Waals surface area contributed by atoms with Gasteiger partial charge in [-0.3, -0.25) is 14.6 Å². The van der Waals surface area contributed by atoms with Gasteiger partial charge in [0.2, 0.25) is 5.52 Å². The Hall–Kier alpha value is -2.49. The summed E-state index contributed by atoms with van der Waals surface area (Å²) in [4.78, 5) is 40.5. The van der Waals surface area contributed by atoms with Gasteiger partial charge in [0.05, 0.1) is 0 Å². The van der Waals surface area contributed by atoms with Crippen LogP contribution in [0.3, 0.4) is 0 Å². The van der Waals surface area contributed by atoms with Crippen molar-refractivity contribution in [3.05, 3.63) is 36.1 Å². The van der Waals surface area contributed by atoms with Gasteiger partial charge in [-0.2, -0.15) is 4.98 Å². The zero-order valence-corrected chi connectivity index (χ0v) is 8.50. The van der Waals surface area contributed by atoms with Gasteiger partial charge in [-0.05, 0) is 21.5 Å². The summed E-state index contributed by atoms with van der Waals surface area (Å²) in [6.07, 6.45) is 0. The average Bonchev–Trinajstić information content (AvgIpc) is 2.24. The highest BCUT2D eigenvalue weighted by Gasteiger charge is 2.23. The summed E-state index contributed by atoms with van der Waals surface area (Å²) in [7, 11) is 0. The Morgan fingerprint density at radius 1 is 1.41 bits per heavy atom. The number of aromatic nitrogens is 4. The zero-order valence-electron chi connectivity index (χ0n) is 7.75. The normalized spacial score (nSPS) is 10.6. The molecule has 0 aromatic carbocycles. The lowest BCUT2D eigenvalue weighted by Gasteiger charge is -2.01. The molecule has 17 heavy (non-hydrogen) atoms. The van der Waals surface area contributed by atoms with Crippen LogP contribution in [0.4, 0.5) is 5.82 Å². The highest BCUT2D eigenvalue weighted by molar-refractivity contribution is 6.28. The van der Waals surface area contributed by atoms with E-state index in [2.05, 4.69) is 9.97 Å². The summed E-state index contributed by atoms with van der Waals surface area (Å²) < 4.78 is -0.192. The fourth-order valence-electron chi connectivity index (χ4n) is 1.18. The Balaban J connectivity index is 3.12. The molecule has 0 saturated carbocycles. The predicted octanol–water partition coefficient (Wildman–Crippen LogP) is -0.721. The van der Waals surface area contributed by atoms with Crippen LogP contribution in [0.15, 0.2) is 9.59 Å². The van der Waals surface area contributed by atoms with Gasteiger partial charge in [0.25, 0.3) is 0 Å². The van der Waals surface area contributed by atoms with E-state index in [-0.39, 0.29) is 4.73 Å². The highest BCUT2D eigenvalue weighted by Crippen LogP contribution is 2.19. The Bertz CT molecular complexity index is 749. The lowest BCUT2D eigenvalue weighted by atomic mass is 10.4.